The van der Waals surface area contributed by atoms with Crippen molar-refractivity contribution in [1.82, 2.24) is 34.5 Å². The van der Waals surface area contributed by atoms with Crippen LogP contribution in [0.5, 0.6) is 5.75 Å². The quantitative estimate of drug-likeness (QED) is 0.166. The molecule has 0 atom stereocenters. The van der Waals surface area contributed by atoms with Crippen molar-refractivity contribution in [3.63, 3.8) is 0 Å². The Morgan fingerprint density at radius 3 is 1.85 bits per heavy atom. The van der Waals surface area contributed by atoms with Gasteiger partial charge in [-0.15, -0.1) is 35.9 Å². The number of hydrogen-bond acceptors (Lipinski definition) is 6. The Kier molecular flexibility index (Phi) is 12.0. The van der Waals surface area contributed by atoms with Crippen LogP contribution in [0.2, 0.25) is 0 Å². The molecule has 8 nitrogen and oxygen atoms in total. The van der Waals surface area contributed by atoms with Crippen molar-refractivity contribution in [2.45, 2.75) is 0 Å². The van der Waals surface area contributed by atoms with Crippen LogP contribution in [0.15, 0.2) is 141 Å². The molecule has 0 unspecified atom stereocenters. The molecular formula is C30H26N7OOs. The summed E-state index contributed by atoms with van der Waals surface area (Å²) in [4.78, 5) is 12.5. The Hall–Kier alpha value is -4.73. The summed E-state index contributed by atoms with van der Waals surface area (Å²) in [5.74, 6) is 2.48. The minimum atomic E-state index is 0. The molecule has 1 radical (unpaired) electrons. The summed E-state index contributed by atoms with van der Waals surface area (Å²) in [6.45, 7) is 4.11. The number of hydrogen-bond donors (Lipinski definition) is 0. The van der Waals surface area contributed by atoms with Crippen molar-refractivity contribution in [2.24, 2.45) is 0 Å². The second-order valence-electron chi connectivity index (χ2n) is 7.53. The third-order valence-electron chi connectivity index (χ3n) is 4.86. The summed E-state index contributed by atoms with van der Waals surface area (Å²) in [5.41, 5.74) is 1.83. The molecular weight excluding hydrogens is 665 g/mol. The van der Waals surface area contributed by atoms with Crippen LogP contribution in [0, 0.1) is 6.07 Å². The molecule has 0 saturated carbocycles. The Morgan fingerprint density at radius 2 is 1.36 bits per heavy atom. The monoisotopic (exact) mass is 692 g/mol. The molecule has 0 fully saturated rings. The van der Waals surface area contributed by atoms with Crippen LogP contribution in [-0.2, 0) is 19.8 Å². The Balaban J connectivity index is 0.000000164. The number of ether oxygens (including phenoxy) is 1. The fraction of sp³-hybridized carbons (Fsp3) is 0.0333. The van der Waals surface area contributed by atoms with E-state index in [0.29, 0.717) is 6.61 Å². The molecule has 6 rings (SSSR count). The van der Waals surface area contributed by atoms with Gasteiger partial charge in [0.1, 0.15) is 12.4 Å². The predicted molar refractivity (Wildman–Crippen MR) is 147 cm³/mol. The third kappa shape index (κ3) is 9.26. The van der Waals surface area contributed by atoms with Gasteiger partial charge in [0.15, 0.2) is 11.6 Å². The molecule has 0 aliphatic heterocycles. The van der Waals surface area contributed by atoms with E-state index in [1.807, 2.05) is 97.3 Å². The van der Waals surface area contributed by atoms with Crippen LogP contribution in [0.1, 0.15) is 0 Å². The number of pyridine rings is 3. The molecule has 0 spiro atoms. The normalized spacial score (nSPS) is 9.54. The first-order valence-corrected chi connectivity index (χ1v) is 11.8. The topological polar surface area (TPSA) is 83.5 Å². The van der Waals surface area contributed by atoms with Crippen molar-refractivity contribution in [3.05, 3.63) is 147 Å². The van der Waals surface area contributed by atoms with E-state index in [9.17, 15) is 0 Å². The minimum absolute atomic E-state index is 0. The molecule has 5 aromatic heterocycles. The van der Waals surface area contributed by atoms with Crippen LogP contribution in [0.3, 0.4) is 0 Å². The molecule has 0 amide bonds. The number of benzene rings is 1. The molecule has 0 bridgehead atoms. The van der Waals surface area contributed by atoms with Crippen LogP contribution >= 0.6 is 0 Å². The van der Waals surface area contributed by atoms with Gasteiger partial charge in [-0.1, -0.05) is 24.8 Å². The molecule has 195 valence electrons. The van der Waals surface area contributed by atoms with Crippen LogP contribution in [0.4, 0.5) is 0 Å². The van der Waals surface area contributed by atoms with Crippen LogP contribution in [-0.4, -0.2) is 41.1 Å². The maximum absolute atomic E-state index is 5.45. The molecule has 6 aromatic rings. The first kappa shape index (κ1) is 28.8. The number of aromatic nitrogens is 7. The molecule has 39 heavy (non-hydrogen) atoms. The largest absolute Gasteiger partial charge is 1.00 e. The summed E-state index contributed by atoms with van der Waals surface area (Å²) >= 11 is 0. The zero-order valence-corrected chi connectivity index (χ0v) is 23.5. The number of rotatable bonds is 6. The van der Waals surface area contributed by atoms with Crippen molar-refractivity contribution >= 4 is 0 Å². The smallest absolute Gasteiger partial charge is 0.490 e. The molecule has 0 saturated heterocycles. The van der Waals surface area contributed by atoms with E-state index in [1.165, 1.54) is 0 Å². The van der Waals surface area contributed by atoms with E-state index < -0.39 is 0 Å². The Morgan fingerprint density at radius 1 is 0.718 bits per heavy atom. The zero-order chi connectivity index (χ0) is 26.3. The van der Waals surface area contributed by atoms with Crippen LogP contribution < -0.4 is 4.74 Å². The van der Waals surface area contributed by atoms with E-state index in [-0.39, 0.29) is 19.8 Å². The molecule has 0 aliphatic rings. The van der Waals surface area contributed by atoms with E-state index >= 15 is 0 Å². The Labute approximate surface area is 240 Å². The minimum Gasteiger partial charge on any atom is -0.490 e. The van der Waals surface area contributed by atoms with E-state index in [1.54, 1.807) is 46.4 Å². The van der Waals surface area contributed by atoms with E-state index in [4.69, 9.17) is 4.74 Å². The first-order valence-electron chi connectivity index (χ1n) is 11.8. The molecule has 1 aromatic carbocycles. The van der Waals surface area contributed by atoms with Crippen molar-refractivity contribution in [3.8, 4) is 28.6 Å². The van der Waals surface area contributed by atoms with Crippen molar-refractivity contribution in [2.75, 3.05) is 6.61 Å². The summed E-state index contributed by atoms with van der Waals surface area (Å²) in [7, 11) is 0. The fourth-order valence-electron chi connectivity index (χ4n) is 3.14. The van der Waals surface area contributed by atoms with E-state index in [0.717, 1.165) is 28.6 Å². The summed E-state index contributed by atoms with van der Waals surface area (Å²) in [5, 5.41) is 8.08. The van der Waals surface area contributed by atoms with Gasteiger partial charge in [-0.25, -0.2) is 19.3 Å². The van der Waals surface area contributed by atoms with Gasteiger partial charge in [0, 0.05) is 43.4 Å². The average molecular weight is 691 g/mol. The number of nitrogens with zero attached hydrogens (tertiary/aromatic N) is 7. The summed E-state index contributed by atoms with van der Waals surface area (Å²) in [6, 6.07) is 29.8. The molecule has 9 heteroatoms. The molecule has 0 N–H and O–H groups in total. The summed E-state index contributed by atoms with van der Waals surface area (Å²) in [6.07, 6.45) is 14.1. The third-order valence-corrected chi connectivity index (χ3v) is 4.86. The van der Waals surface area contributed by atoms with Gasteiger partial charge in [-0.2, -0.15) is 10.2 Å². The van der Waals surface area contributed by atoms with Crippen molar-refractivity contribution in [1.29, 1.82) is 0 Å². The maximum atomic E-state index is 5.45. The van der Waals surface area contributed by atoms with Gasteiger partial charge in [-0.05, 0) is 54.2 Å². The van der Waals surface area contributed by atoms with Crippen molar-refractivity contribution < 1.29 is 24.5 Å². The van der Waals surface area contributed by atoms with Gasteiger partial charge < -0.3 is 9.72 Å². The Bertz CT molecular complexity index is 1390. The molecule has 0 aliphatic carbocycles. The standard InChI is InChI=1S/C14H12NO.2C8H7N3.Os/c1-2-10-16-13-8-9-15-14(11-13)12-6-4-3-5-7-12;2*1-2-5-9-8(4-1)11-7-3-6-10-11;/h2-6,8-9,11H,1,10H2;2*1-7H;/q-1;;;+1. The van der Waals surface area contributed by atoms with Gasteiger partial charge in [0.05, 0.1) is 0 Å². The van der Waals surface area contributed by atoms with Crippen LogP contribution in [0.25, 0.3) is 22.9 Å². The molecule has 5 heterocycles. The van der Waals surface area contributed by atoms with Gasteiger partial charge in [0.25, 0.3) is 0 Å². The zero-order valence-electron chi connectivity index (χ0n) is 21.0. The van der Waals surface area contributed by atoms with Gasteiger partial charge >= 0.3 is 19.8 Å². The first-order chi connectivity index (χ1) is 18.8. The van der Waals surface area contributed by atoms with Gasteiger partial charge in [0.2, 0.25) is 0 Å². The van der Waals surface area contributed by atoms with Gasteiger partial charge in [-0.3, -0.25) is 0 Å². The average Bonchev–Trinajstić information content (AvgIpc) is 3.74. The SMILES string of the molecule is C=CCOc1ccnc(-c2[c-]cccc2)c1.[Os+].c1ccc(-n2cccn2)nc1.c1ccc(-n2cccn2)nc1. The second-order valence-corrected chi connectivity index (χ2v) is 7.53. The summed E-state index contributed by atoms with van der Waals surface area (Å²) < 4.78 is 8.89. The van der Waals surface area contributed by atoms with E-state index in [2.05, 4.69) is 37.8 Å². The fourth-order valence-corrected chi connectivity index (χ4v) is 3.14. The second kappa shape index (κ2) is 16.2. The maximum Gasteiger partial charge on any atom is 1.00 e. The predicted octanol–water partition coefficient (Wildman–Crippen LogP) is 5.65.